The van der Waals surface area contributed by atoms with Crippen LogP contribution in [0.25, 0.3) is 37.6 Å². The van der Waals surface area contributed by atoms with Gasteiger partial charge in [-0.15, -0.1) is 45.3 Å². The van der Waals surface area contributed by atoms with Crippen LogP contribution in [-0.4, -0.2) is 0 Å². The quantitative estimate of drug-likeness (QED) is 0.241. The minimum absolute atomic E-state index is 1.29. The number of hydrogen-bond acceptors (Lipinski definition) is 4. The molecule has 0 aliphatic rings. The van der Waals surface area contributed by atoms with Gasteiger partial charge in [-0.25, -0.2) is 0 Å². The molecular formula is C22H14S4. The summed E-state index contributed by atoms with van der Waals surface area (Å²) in [4.78, 5) is 0. The lowest BCUT2D eigenvalue weighted by atomic mass is 10.4. The molecule has 0 radical (unpaired) electrons. The van der Waals surface area contributed by atoms with Crippen LogP contribution < -0.4 is 0 Å². The molecule has 0 unspecified atom stereocenters. The van der Waals surface area contributed by atoms with Crippen molar-refractivity contribution in [2.75, 3.05) is 0 Å². The van der Waals surface area contributed by atoms with E-state index < -0.39 is 0 Å². The maximum absolute atomic E-state index is 2.27. The summed E-state index contributed by atoms with van der Waals surface area (Å²) in [5, 5.41) is 0. The third kappa shape index (κ3) is 3.60. The normalized spacial score (nSPS) is 11.1. The molecule has 26 heavy (non-hydrogen) atoms. The van der Waals surface area contributed by atoms with Gasteiger partial charge >= 0.3 is 0 Å². The minimum atomic E-state index is 1.29. The van der Waals surface area contributed by atoms with Crippen LogP contribution in [0, 0.1) is 0 Å². The van der Waals surface area contributed by atoms with Crippen molar-refractivity contribution >= 4 is 82.9 Å². The molecule has 0 atom stereocenters. The minimum Gasteiger partial charge on any atom is -0.136 e. The molecule has 0 aliphatic carbocycles. The molecule has 0 saturated heterocycles. The maximum atomic E-state index is 2.27. The van der Waals surface area contributed by atoms with E-state index in [1.54, 1.807) is 0 Å². The largest absolute Gasteiger partial charge is 0.136 e. The van der Waals surface area contributed by atoms with E-state index in [9.17, 15) is 0 Å². The Bertz CT molecular complexity index is 1140. The lowest BCUT2D eigenvalue weighted by Gasteiger charge is -1.78. The SMILES string of the molecule is c1cc2ccc(cc3ccc(ccc4ccc(cc5ccc1s5)s4)s3)s2. The van der Waals surface area contributed by atoms with E-state index in [0.717, 1.165) is 0 Å². The standard InChI is InChI=1S/C22H14S4/c1-2-16-6-10-20(24-16)14-22-12-8-18(26-22)4-3-17-7-11-21(25-17)13-19-9-5-15(1)23-19/h1-14H. The Kier molecular flexibility index (Phi) is 4.35. The summed E-state index contributed by atoms with van der Waals surface area (Å²) >= 11 is 7.32. The summed E-state index contributed by atoms with van der Waals surface area (Å²) in [6.45, 7) is 0. The second kappa shape index (κ2) is 6.97. The van der Waals surface area contributed by atoms with Gasteiger partial charge in [0.15, 0.2) is 0 Å². The molecule has 5 aromatic heterocycles. The van der Waals surface area contributed by atoms with E-state index in [1.807, 2.05) is 45.3 Å². The lowest BCUT2D eigenvalue weighted by molar-refractivity contribution is 1.99. The fourth-order valence-electron chi connectivity index (χ4n) is 2.75. The number of rotatable bonds is 0. The summed E-state index contributed by atoms with van der Waals surface area (Å²) in [6, 6.07) is 31.0. The average molecular weight is 407 g/mol. The van der Waals surface area contributed by atoms with Gasteiger partial charge in [0, 0.05) is 37.6 Å². The highest BCUT2D eigenvalue weighted by Gasteiger charge is 1.93. The molecule has 5 rings (SSSR count). The molecule has 0 aliphatic heterocycles. The Morgan fingerprint density at radius 3 is 0.692 bits per heavy atom. The molecule has 0 spiro atoms. The molecule has 0 fully saturated rings. The first-order chi connectivity index (χ1) is 12.8. The van der Waals surface area contributed by atoms with E-state index >= 15 is 0 Å². The average Bonchev–Trinajstić information content (AvgIpc) is 3.40. The smallest absolute Gasteiger partial charge is 0.0290 e. The molecule has 4 heteroatoms. The predicted octanol–water partition coefficient (Wildman–Crippen LogP) is 8.79. The van der Waals surface area contributed by atoms with Crippen LogP contribution in [-0.2, 0) is 0 Å². The van der Waals surface area contributed by atoms with Crippen LogP contribution >= 0.6 is 45.3 Å². The van der Waals surface area contributed by atoms with Crippen molar-refractivity contribution in [3.63, 3.8) is 0 Å². The fourth-order valence-corrected chi connectivity index (χ4v) is 6.37. The van der Waals surface area contributed by atoms with Crippen LogP contribution in [0.5, 0.6) is 0 Å². The summed E-state index contributed by atoms with van der Waals surface area (Å²) < 4.78 is 10.3. The van der Waals surface area contributed by atoms with Crippen LogP contribution in [0.1, 0.15) is 0 Å². The molecule has 0 saturated carbocycles. The first-order valence-electron chi connectivity index (χ1n) is 8.25. The van der Waals surface area contributed by atoms with E-state index in [-0.39, 0.29) is 0 Å². The molecule has 0 aromatic carbocycles. The van der Waals surface area contributed by atoms with E-state index in [0.29, 0.717) is 0 Å². The zero-order chi connectivity index (χ0) is 17.3. The van der Waals surface area contributed by atoms with Gasteiger partial charge in [0.1, 0.15) is 0 Å². The second-order valence-corrected chi connectivity index (χ2v) is 10.5. The predicted molar refractivity (Wildman–Crippen MR) is 123 cm³/mol. The Hall–Kier alpha value is -1.98. The molecular weight excluding hydrogens is 393 g/mol. The van der Waals surface area contributed by atoms with Crippen molar-refractivity contribution in [3.8, 4) is 0 Å². The highest BCUT2D eigenvalue weighted by Crippen LogP contribution is 2.26. The monoisotopic (exact) mass is 406 g/mol. The van der Waals surface area contributed by atoms with E-state index in [4.69, 9.17) is 0 Å². The molecule has 5 aromatic rings. The molecule has 126 valence electrons. The van der Waals surface area contributed by atoms with E-state index in [1.165, 1.54) is 37.6 Å². The van der Waals surface area contributed by atoms with Crippen molar-refractivity contribution in [2.24, 2.45) is 0 Å². The van der Waals surface area contributed by atoms with Crippen molar-refractivity contribution in [2.45, 2.75) is 0 Å². The van der Waals surface area contributed by atoms with Gasteiger partial charge in [-0.05, 0) is 84.9 Å². The summed E-state index contributed by atoms with van der Waals surface area (Å²) in [7, 11) is 0. The Morgan fingerprint density at radius 2 is 0.462 bits per heavy atom. The van der Waals surface area contributed by atoms with Gasteiger partial charge in [0.2, 0.25) is 0 Å². The van der Waals surface area contributed by atoms with Crippen molar-refractivity contribution in [1.29, 1.82) is 0 Å². The lowest BCUT2D eigenvalue weighted by Crippen LogP contribution is -1.45. The maximum Gasteiger partial charge on any atom is 0.0290 e. The molecule has 0 N–H and O–H groups in total. The first-order valence-corrected chi connectivity index (χ1v) is 11.5. The zero-order valence-corrected chi connectivity index (χ0v) is 17.0. The molecule has 5 heterocycles. The second-order valence-electron chi connectivity index (χ2n) is 5.92. The third-order valence-electron chi connectivity index (χ3n) is 3.98. The van der Waals surface area contributed by atoms with Gasteiger partial charge in [-0.2, -0.15) is 0 Å². The van der Waals surface area contributed by atoms with Gasteiger partial charge in [0.25, 0.3) is 0 Å². The van der Waals surface area contributed by atoms with Crippen LogP contribution in [0.15, 0.2) is 84.9 Å². The summed E-state index contributed by atoms with van der Waals surface area (Å²) in [5.41, 5.74) is 0. The van der Waals surface area contributed by atoms with E-state index in [2.05, 4.69) is 84.9 Å². The van der Waals surface area contributed by atoms with Gasteiger partial charge in [-0.3, -0.25) is 0 Å². The van der Waals surface area contributed by atoms with Crippen LogP contribution in [0.3, 0.4) is 0 Å². The summed E-state index contributed by atoms with van der Waals surface area (Å²) in [5.74, 6) is 0. The Morgan fingerprint density at radius 1 is 0.269 bits per heavy atom. The Balaban J connectivity index is 1.81. The van der Waals surface area contributed by atoms with Crippen molar-refractivity contribution in [1.82, 2.24) is 0 Å². The fraction of sp³-hybridized carbons (Fsp3) is 0. The Labute approximate surface area is 167 Å². The number of thiophene rings is 4. The van der Waals surface area contributed by atoms with Gasteiger partial charge in [0.05, 0.1) is 0 Å². The number of hydrogen-bond donors (Lipinski definition) is 0. The third-order valence-corrected chi connectivity index (χ3v) is 7.97. The van der Waals surface area contributed by atoms with Gasteiger partial charge < -0.3 is 0 Å². The van der Waals surface area contributed by atoms with Crippen LogP contribution in [0.2, 0.25) is 0 Å². The topological polar surface area (TPSA) is 0 Å². The van der Waals surface area contributed by atoms with Gasteiger partial charge in [-0.1, -0.05) is 0 Å². The van der Waals surface area contributed by atoms with Crippen LogP contribution in [0.4, 0.5) is 0 Å². The molecule has 8 bridgehead atoms. The first kappa shape index (κ1) is 16.2. The highest BCUT2D eigenvalue weighted by atomic mass is 32.1. The van der Waals surface area contributed by atoms with Crippen molar-refractivity contribution < 1.29 is 0 Å². The highest BCUT2D eigenvalue weighted by molar-refractivity contribution is 7.26. The summed E-state index contributed by atoms with van der Waals surface area (Å²) in [6.07, 6.45) is 0. The van der Waals surface area contributed by atoms with Crippen molar-refractivity contribution in [3.05, 3.63) is 84.9 Å². The molecule has 0 amide bonds. The molecule has 0 nitrogen and oxygen atoms in total. The zero-order valence-electron chi connectivity index (χ0n) is 13.7. The number of fused-ring (bicyclic) bond motifs is 8.